The monoisotopic (exact) mass is 198 g/mol. The van der Waals surface area contributed by atoms with Crippen LogP contribution in [0.2, 0.25) is 0 Å². The minimum Gasteiger partial charge on any atom is -0.353 e. The number of hydroxylamine groups is 2. The number of hydrogen-bond acceptors (Lipinski definition) is 4. The molecule has 0 aromatic rings. The summed E-state index contributed by atoms with van der Waals surface area (Å²) < 4.78 is 0. The van der Waals surface area contributed by atoms with E-state index in [1.807, 2.05) is 13.1 Å². The van der Waals surface area contributed by atoms with Gasteiger partial charge >= 0.3 is 5.97 Å². The summed E-state index contributed by atoms with van der Waals surface area (Å²) in [6.07, 6.45) is 6.20. The van der Waals surface area contributed by atoms with E-state index in [-0.39, 0.29) is 12.1 Å². The lowest BCUT2D eigenvalue weighted by Crippen LogP contribution is -2.37. The molecule has 1 heterocycles. The smallest absolute Gasteiger partial charge is 0.329 e. The van der Waals surface area contributed by atoms with Gasteiger partial charge in [-0.3, -0.25) is 4.79 Å². The van der Waals surface area contributed by atoms with E-state index < -0.39 is 0 Å². The Labute approximate surface area is 85.1 Å². The van der Waals surface area contributed by atoms with E-state index in [4.69, 9.17) is 4.84 Å². The molecule has 0 bridgehead atoms. The maximum atomic E-state index is 10.7. The molecule has 0 aromatic carbocycles. The van der Waals surface area contributed by atoms with Gasteiger partial charge in [-0.2, -0.15) is 5.06 Å². The fourth-order valence-electron chi connectivity index (χ4n) is 1.40. The number of hydrogen-bond donors (Lipinski definition) is 0. The lowest BCUT2D eigenvalue weighted by atomic mass is 10.3. The molecular formula is C10H18N2O2. The maximum absolute atomic E-state index is 10.7. The summed E-state index contributed by atoms with van der Waals surface area (Å²) in [5, 5.41) is 1.58. The average Bonchev–Trinajstić information content (AvgIpc) is 2.45. The molecule has 0 saturated carbocycles. The molecule has 0 radical (unpaired) electrons. The van der Waals surface area contributed by atoms with Crippen molar-refractivity contribution in [3.63, 3.8) is 0 Å². The van der Waals surface area contributed by atoms with Crippen molar-refractivity contribution in [1.29, 1.82) is 0 Å². The highest BCUT2D eigenvalue weighted by Crippen LogP contribution is 2.16. The van der Waals surface area contributed by atoms with Crippen LogP contribution >= 0.6 is 0 Å². The fourth-order valence-corrected chi connectivity index (χ4v) is 1.40. The topological polar surface area (TPSA) is 32.8 Å². The van der Waals surface area contributed by atoms with Crippen LogP contribution in [0.3, 0.4) is 0 Å². The van der Waals surface area contributed by atoms with Crippen LogP contribution in [0.25, 0.3) is 0 Å². The normalized spacial score (nSPS) is 20.4. The summed E-state index contributed by atoms with van der Waals surface area (Å²) >= 11 is 0. The Hall–Kier alpha value is -1.19. The van der Waals surface area contributed by atoms with Crippen LogP contribution in [0.4, 0.5) is 0 Å². The van der Waals surface area contributed by atoms with E-state index in [0.717, 1.165) is 13.0 Å². The lowest BCUT2D eigenvalue weighted by Gasteiger charge is -2.27. The van der Waals surface area contributed by atoms with E-state index in [9.17, 15) is 4.79 Å². The molecule has 0 spiro atoms. The van der Waals surface area contributed by atoms with Crippen molar-refractivity contribution in [3.05, 3.63) is 12.4 Å². The van der Waals surface area contributed by atoms with Gasteiger partial charge in [0.25, 0.3) is 0 Å². The van der Waals surface area contributed by atoms with E-state index in [2.05, 4.69) is 11.8 Å². The van der Waals surface area contributed by atoms with Gasteiger partial charge in [-0.15, -0.1) is 0 Å². The molecule has 4 heteroatoms. The SMILES string of the molecule is CCCCN1C=CN(OC(C)=O)C1C. The molecule has 0 N–H and O–H groups in total. The molecular weight excluding hydrogens is 180 g/mol. The maximum Gasteiger partial charge on any atom is 0.329 e. The number of rotatable bonds is 4. The Morgan fingerprint density at radius 1 is 1.50 bits per heavy atom. The van der Waals surface area contributed by atoms with Crippen molar-refractivity contribution in [3.8, 4) is 0 Å². The third-order valence-corrected chi connectivity index (χ3v) is 2.26. The van der Waals surface area contributed by atoms with Crippen molar-refractivity contribution >= 4 is 5.97 Å². The Morgan fingerprint density at radius 2 is 2.21 bits per heavy atom. The first-order valence-corrected chi connectivity index (χ1v) is 5.06. The molecule has 1 rings (SSSR count). The molecule has 0 fully saturated rings. The molecule has 0 saturated heterocycles. The number of nitrogens with zero attached hydrogens (tertiary/aromatic N) is 2. The van der Waals surface area contributed by atoms with Gasteiger partial charge in [0, 0.05) is 19.7 Å². The Balaban J connectivity index is 2.39. The van der Waals surface area contributed by atoms with Gasteiger partial charge in [0.2, 0.25) is 0 Å². The third-order valence-electron chi connectivity index (χ3n) is 2.26. The zero-order chi connectivity index (χ0) is 10.6. The summed E-state index contributed by atoms with van der Waals surface area (Å²) in [6, 6.07) is 0. The zero-order valence-corrected chi connectivity index (χ0v) is 9.06. The minimum absolute atomic E-state index is 0.116. The molecule has 1 atom stereocenters. The summed E-state index contributed by atoms with van der Waals surface area (Å²) in [5.41, 5.74) is 0. The predicted octanol–water partition coefficient (Wildman–Crippen LogP) is 1.70. The lowest BCUT2D eigenvalue weighted by molar-refractivity contribution is -0.187. The van der Waals surface area contributed by atoms with E-state index in [1.165, 1.54) is 13.3 Å². The molecule has 1 unspecified atom stereocenters. The van der Waals surface area contributed by atoms with Crippen molar-refractivity contribution < 1.29 is 9.63 Å². The average molecular weight is 198 g/mol. The predicted molar refractivity (Wildman–Crippen MR) is 53.8 cm³/mol. The second kappa shape index (κ2) is 4.88. The summed E-state index contributed by atoms with van der Waals surface area (Å²) in [7, 11) is 0. The van der Waals surface area contributed by atoms with Crippen LogP contribution in [0.5, 0.6) is 0 Å². The molecule has 1 aliphatic rings. The summed E-state index contributed by atoms with van der Waals surface area (Å²) in [6.45, 7) is 6.59. The van der Waals surface area contributed by atoms with Crippen LogP contribution in [-0.2, 0) is 9.63 Å². The second-order valence-corrected chi connectivity index (χ2v) is 3.46. The molecule has 4 nitrogen and oxygen atoms in total. The third kappa shape index (κ3) is 2.65. The van der Waals surface area contributed by atoms with Crippen LogP contribution in [0, 0.1) is 0 Å². The highest BCUT2D eigenvalue weighted by molar-refractivity contribution is 5.65. The van der Waals surface area contributed by atoms with Gasteiger partial charge < -0.3 is 9.74 Å². The van der Waals surface area contributed by atoms with Crippen molar-refractivity contribution in [1.82, 2.24) is 9.96 Å². The quantitative estimate of drug-likeness (QED) is 0.688. The highest BCUT2D eigenvalue weighted by atomic mass is 16.7. The minimum atomic E-state index is -0.279. The van der Waals surface area contributed by atoms with Gasteiger partial charge in [0.15, 0.2) is 0 Å². The fraction of sp³-hybridized carbons (Fsp3) is 0.700. The standard InChI is InChI=1S/C10H18N2O2/c1-4-5-6-11-7-8-12(9(11)2)14-10(3)13/h7-9H,4-6H2,1-3H3. The Kier molecular flexibility index (Phi) is 3.80. The molecule has 0 aromatic heterocycles. The Bertz CT molecular complexity index is 228. The highest BCUT2D eigenvalue weighted by Gasteiger charge is 2.23. The molecule has 0 amide bonds. The first-order valence-electron chi connectivity index (χ1n) is 5.06. The zero-order valence-electron chi connectivity index (χ0n) is 9.06. The van der Waals surface area contributed by atoms with Crippen LogP contribution in [0.1, 0.15) is 33.6 Å². The molecule has 0 aliphatic carbocycles. The van der Waals surface area contributed by atoms with Crippen LogP contribution in [-0.4, -0.2) is 28.6 Å². The van der Waals surface area contributed by atoms with Crippen molar-refractivity contribution in [2.24, 2.45) is 0 Å². The second-order valence-electron chi connectivity index (χ2n) is 3.46. The number of unbranched alkanes of at least 4 members (excludes halogenated alkanes) is 1. The number of carbonyl (C=O) groups excluding carboxylic acids is 1. The van der Waals surface area contributed by atoms with Crippen molar-refractivity contribution in [2.45, 2.75) is 39.8 Å². The first-order chi connectivity index (χ1) is 6.65. The van der Waals surface area contributed by atoms with Gasteiger partial charge in [0.1, 0.15) is 6.17 Å². The van der Waals surface area contributed by atoms with E-state index >= 15 is 0 Å². The summed E-state index contributed by atoms with van der Waals surface area (Å²) in [5.74, 6) is -0.279. The largest absolute Gasteiger partial charge is 0.353 e. The molecule has 1 aliphatic heterocycles. The van der Waals surface area contributed by atoms with E-state index in [1.54, 1.807) is 11.3 Å². The van der Waals surface area contributed by atoms with Gasteiger partial charge in [-0.1, -0.05) is 13.3 Å². The number of carbonyl (C=O) groups is 1. The summed E-state index contributed by atoms with van der Waals surface area (Å²) in [4.78, 5) is 17.9. The van der Waals surface area contributed by atoms with Crippen molar-refractivity contribution in [2.75, 3.05) is 6.54 Å². The molecule has 80 valence electrons. The van der Waals surface area contributed by atoms with Crippen LogP contribution in [0.15, 0.2) is 12.4 Å². The van der Waals surface area contributed by atoms with Crippen LogP contribution < -0.4 is 0 Å². The van der Waals surface area contributed by atoms with Gasteiger partial charge in [0.05, 0.1) is 6.20 Å². The molecule has 14 heavy (non-hydrogen) atoms. The Morgan fingerprint density at radius 3 is 2.79 bits per heavy atom. The van der Waals surface area contributed by atoms with Gasteiger partial charge in [-0.05, 0) is 13.3 Å². The van der Waals surface area contributed by atoms with Gasteiger partial charge in [-0.25, -0.2) is 0 Å². The van der Waals surface area contributed by atoms with E-state index in [0.29, 0.717) is 0 Å². The first kappa shape index (κ1) is 10.9.